The maximum Gasteiger partial charge on any atom is 0.326 e. The van der Waals surface area contributed by atoms with E-state index in [1.165, 1.54) is 5.56 Å². The van der Waals surface area contributed by atoms with Gasteiger partial charge < -0.3 is 10.1 Å². The molecular formula is C22H26N2O5. The third kappa shape index (κ3) is 4.04. The average molecular weight is 398 g/mol. The summed E-state index contributed by atoms with van der Waals surface area (Å²) in [5, 5.41) is 2.92. The first kappa shape index (κ1) is 19.6. The summed E-state index contributed by atoms with van der Waals surface area (Å²) in [7, 11) is 0. The van der Waals surface area contributed by atoms with Crippen molar-refractivity contribution in [3.63, 3.8) is 0 Å². The second-order valence-corrected chi connectivity index (χ2v) is 8.13. The van der Waals surface area contributed by atoms with Crippen molar-refractivity contribution in [2.75, 3.05) is 13.2 Å². The predicted molar refractivity (Wildman–Crippen MR) is 103 cm³/mol. The van der Waals surface area contributed by atoms with Crippen molar-refractivity contribution < 1.29 is 23.9 Å². The standard InChI is InChI=1S/C22H26N2O5/c25-19(23-18-11-5-7-14-6-1-2-8-15(14)18)13-29-20(26)12-24-21(27)16-9-3-4-10-17(16)22(24)28/h1-2,6,8,16-18H,3-5,7,9-13H2,(H,23,25)/t16-,17+,18-/m0/s1. The number of hydrogen-bond donors (Lipinski definition) is 1. The maximum absolute atomic E-state index is 12.4. The van der Waals surface area contributed by atoms with E-state index in [1.807, 2.05) is 18.2 Å². The SMILES string of the molecule is O=C(COC(=O)CN1C(=O)[C@H]2CCCC[C@H]2C1=O)N[C@H]1CCCc2ccccc21. The van der Waals surface area contributed by atoms with Crippen molar-refractivity contribution in [2.24, 2.45) is 11.8 Å². The molecule has 29 heavy (non-hydrogen) atoms. The largest absolute Gasteiger partial charge is 0.454 e. The molecular weight excluding hydrogens is 372 g/mol. The molecule has 4 rings (SSSR count). The molecule has 3 amide bonds. The van der Waals surface area contributed by atoms with E-state index in [1.54, 1.807) is 0 Å². The van der Waals surface area contributed by atoms with Crippen LogP contribution >= 0.6 is 0 Å². The van der Waals surface area contributed by atoms with Crippen molar-refractivity contribution in [3.05, 3.63) is 35.4 Å². The Balaban J connectivity index is 1.27. The van der Waals surface area contributed by atoms with Crippen LogP contribution in [0.5, 0.6) is 0 Å². The molecule has 2 fully saturated rings. The topological polar surface area (TPSA) is 92.8 Å². The Labute approximate surface area is 169 Å². The third-order valence-corrected chi connectivity index (χ3v) is 6.29. The molecule has 0 radical (unpaired) electrons. The quantitative estimate of drug-likeness (QED) is 0.604. The van der Waals surface area contributed by atoms with E-state index >= 15 is 0 Å². The number of fused-ring (bicyclic) bond motifs is 2. The van der Waals surface area contributed by atoms with Gasteiger partial charge in [0.05, 0.1) is 17.9 Å². The van der Waals surface area contributed by atoms with Crippen LogP contribution in [0, 0.1) is 11.8 Å². The van der Waals surface area contributed by atoms with Crippen molar-refractivity contribution in [1.82, 2.24) is 10.2 Å². The number of amides is 3. The van der Waals surface area contributed by atoms with Gasteiger partial charge in [0.25, 0.3) is 5.91 Å². The first-order chi connectivity index (χ1) is 14.0. The number of imide groups is 1. The van der Waals surface area contributed by atoms with Crippen LogP contribution in [0.1, 0.15) is 55.7 Å². The number of aryl methyl sites for hydroxylation is 1. The van der Waals surface area contributed by atoms with Gasteiger partial charge in [-0.25, -0.2) is 0 Å². The summed E-state index contributed by atoms with van der Waals surface area (Å²) in [6.45, 7) is -0.829. The molecule has 1 saturated heterocycles. The molecule has 1 aromatic carbocycles. The first-order valence-electron chi connectivity index (χ1n) is 10.4. The lowest BCUT2D eigenvalue weighted by atomic mass is 9.81. The second-order valence-electron chi connectivity index (χ2n) is 8.13. The van der Waals surface area contributed by atoms with Gasteiger partial charge in [0.1, 0.15) is 6.54 Å². The number of nitrogens with one attached hydrogen (secondary N) is 1. The minimum atomic E-state index is -0.732. The molecule has 1 N–H and O–H groups in total. The second kappa shape index (κ2) is 8.35. The minimum absolute atomic E-state index is 0.0870. The van der Waals surface area contributed by atoms with Gasteiger partial charge in [-0.15, -0.1) is 0 Å². The Morgan fingerprint density at radius 2 is 1.69 bits per heavy atom. The Morgan fingerprint density at radius 1 is 1.00 bits per heavy atom. The summed E-state index contributed by atoms with van der Waals surface area (Å²) in [5.41, 5.74) is 2.34. The number of benzene rings is 1. The van der Waals surface area contributed by atoms with Crippen LogP contribution in [0.2, 0.25) is 0 Å². The number of nitrogens with zero attached hydrogens (tertiary/aromatic N) is 1. The van der Waals surface area contributed by atoms with E-state index in [-0.39, 0.29) is 35.6 Å². The zero-order valence-corrected chi connectivity index (χ0v) is 16.4. The molecule has 1 heterocycles. The van der Waals surface area contributed by atoms with Gasteiger partial charge in [0.15, 0.2) is 6.61 Å². The summed E-state index contributed by atoms with van der Waals surface area (Å²) in [6, 6.07) is 7.92. The molecule has 154 valence electrons. The summed E-state index contributed by atoms with van der Waals surface area (Å²) in [6.07, 6.45) is 6.10. The highest BCUT2D eigenvalue weighted by Gasteiger charge is 2.48. The zero-order valence-electron chi connectivity index (χ0n) is 16.4. The normalized spacial score (nSPS) is 25.9. The summed E-state index contributed by atoms with van der Waals surface area (Å²) < 4.78 is 5.05. The van der Waals surface area contributed by atoms with Gasteiger partial charge in [-0.3, -0.25) is 24.1 Å². The van der Waals surface area contributed by atoms with Gasteiger partial charge in [-0.05, 0) is 43.2 Å². The van der Waals surface area contributed by atoms with Crippen LogP contribution in [0.3, 0.4) is 0 Å². The van der Waals surface area contributed by atoms with E-state index in [4.69, 9.17) is 4.74 Å². The lowest BCUT2D eigenvalue weighted by Gasteiger charge is -2.26. The average Bonchev–Trinajstić information content (AvgIpc) is 2.98. The molecule has 0 bridgehead atoms. The molecule has 2 aliphatic carbocycles. The summed E-state index contributed by atoms with van der Waals surface area (Å²) in [4.78, 5) is 50.3. The van der Waals surface area contributed by atoms with Crippen LogP contribution in [0.25, 0.3) is 0 Å². The number of carbonyl (C=O) groups is 4. The third-order valence-electron chi connectivity index (χ3n) is 6.29. The molecule has 1 saturated carbocycles. The molecule has 0 unspecified atom stereocenters. The highest BCUT2D eigenvalue weighted by atomic mass is 16.5. The highest BCUT2D eigenvalue weighted by Crippen LogP contribution is 2.37. The smallest absolute Gasteiger partial charge is 0.326 e. The summed E-state index contributed by atoms with van der Waals surface area (Å²) in [5.74, 6) is -2.25. The Bertz CT molecular complexity index is 812. The van der Waals surface area contributed by atoms with E-state index in [0.29, 0.717) is 12.8 Å². The van der Waals surface area contributed by atoms with Gasteiger partial charge in [0.2, 0.25) is 11.8 Å². The van der Waals surface area contributed by atoms with Crippen LogP contribution in [0.4, 0.5) is 0 Å². The molecule has 3 atom stereocenters. The van der Waals surface area contributed by atoms with Crippen molar-refractivity contribution in [3.8, 4) is 0 Å². The van der Waals surface area contributed by atoms with Crippen molar-refractivity contribution >= 4 is 23.7 Å². The summed E-state index contributed by atoms with van der Waals surface area (Å²) >= 11 is 0. The molecule has 1 aliphatic heterocycles. The Kier molecular flexibility index (Phi) is 5.65. The van der Waals surface area contributed by atoms with Gasteiger partial charge >= 0.3 is 5.97 Å². The lowest BCUT2D eigenvalue weighted by Crippen LogP contribution is -2.38. The Morgan fingerprint density at radius 3 is 2.41 bits per heavy atom. The van der Waals surface area contributed by atoms with Gasteiger partial charge in [0, 0.05) is 0 Å². The molecule has 1 aromatic rings. The molecule has 7 nitrogen and oxygen atoms in total. The van der Waals surface area contributed by atoms with Crippen molar-refractivity contribution in [2.45, 2.75) is 51.0 Å². The van der Waals surface area contributed by atoms with Crippen molar-refractivity contribution in [1.29, 1.82) is 0 Å². The fourth-order valence-electron chi connectivity index (χ4n) is 4.85. The number of ether oxygens (including phenoxy) is 1. The molecule has 0 aromatic heterocycles. The Hall–Kier alpha value is -2.70. The van der Waals surface area contributed by atoms with E-state index in [9.17, 15) is 19.2 Å². The van der Waals surface area contributed by atoms with Crippen LogP contribution in [-0.4, -0.2) is 41.7 Å². The molecule has 3 aliphatic rings. The lowest BCUT2D eigenvalue weighted by molar-refractivity contribution is -0.155. The number of hydrogen-bond acceptors (Lipinski definition) is 5. The van der Waals surface area contributed by atoms with E-state index in [2.05, 4.69) is 11.4 Å². The predicted octanol–water partition coefficient (Wildman–Crippen LogP) is 1.90. The molecule has 0 spiro atoms. The highest BCUT2D eigenvalue weighted by molar-refractivity contribution is 6.07. The minimum Gasteiger partial charge on any atom is -0.454 e. The zero-order chi connectivity index (χ0) is 20.4. The van der Waals surface area contributed by atoms with Crippen LogP contribution < -0.4 is 5.32 Å². The van der Waals surface area contributed by atoms with E-state index < -0.39 is 19.1 Å². The molecule has 7 heteroatoms. The number of esters is 1. The number of carbonyl (C=O) groups excluding carboxylic acids is 4. The van der Waals surface area contributed by atoms with Crippen LogP contribution in [-0.2, 0) is 30.3 Å². The van der Waals surface area contributed by atoms with Crippen LogP contribution in [0.15, 0.2) is 24.3 Å². The number of rotatable bonds is 5. The fourth-order valence-corrected chi connectivity index (χ4v) is 4.85. The van der Waals surface area contributed by atoms with Gasteiger partial charge in [-0.1, -0.05) is 37.1 Å². The van der Waals surface area contributed by atoms with Gasteiger partial charge in [-0.2, -0.15) is 0 Å². The fraction of sp³-hybridized carbons (Fsp3) is 0.545. The monoisotopic (exact) mass is 398 g/mol. The first-order valence-corrected chi connectivity index (χ1v) is 10.4. The maximum atomic E-state index is 12.4. The van der Waals surface area contributed by atoms with E-state index in [0.717, 1.165) is 42.6 Å². The number of likely N-dealkylation sites (tertiary alicyclic amines) is 1.